The molecule has 0 aromatic heterocycles. The van der Waals surface area contributed by atoms with E-state index in [0.29, 0.717) is 12.1 Å². The van der Waals surface area contributed by atoms with Crippen molar-refractivity contribution in [2.75, 3.05) is 18.6 Å². The van der Waals surface area contributed by atoms with Gasteiger partial charge in [-0.15, -0.1) is 0 Å². The van der Waals surface area contributed by atoms with Gasteiger partial charge in [-0.2, -0.15) is 11.8 Å². The second-order valence-corrected chi connectivity index (χ2v) is 5.81. The summed E-state index contributed by atoms with van der Waals surface area (Å²) in [6.45, 7) is 6.73. The van der Waals surface area contributed by atoms with Crippen LogP contribution >= 0.6 is 11.8 Å². The molecule has 0 radical (unpaired) electrons. The molecule has 2 atom stereocenters. The number of aliphatic hydroxyl groups is 1. The van der Waals surface area contributed by atoms with E-state index in [0.717, 1.165) is 12.2 Å². The topological polar surface area (TPSA) is 32.3 Å². The third kappa shape index (κ3) is 4.63. The molecule has 102 valence electrons. The minimum absolute atomic E-state index is 0.248. The summed E-state index contributed by atoms with van der Waals surface area (Å²) >= 11 is 1.82. The van der Waals surface area contributed by atoms with E-state index < -0.39 is 0 Å². The molecule has 2 N–H and O–H groups in total. The summed E-state index contributed by atoms with van der Waals surface area (Å²) in [5, 5.41) is 12.7. The Morgan fingerprint density at radius 2 is 2.00 bits per heavy atom. The van der Waals surface area contributed by atoms with Crippen LogP contribution in [0.25, 0.3) is 0 Å². The highest BCUT2D eigenvalue weighted by Gasteiger charge is 2.13. The number of hydrogen-bond acceptors (Lipinski definition) is 3. The first-order valence-electron chi connectivity index (χ1n) is 6.51. The largest absolute Gasteiger partial charge is 0.396 e. The van der Waals surface area contributed by atoms with Crippen LogP contribution < -0.4 is 5.32 Å². The van der Waals surface area contributed by atoms with Crippen molar-refractivity contribution in [1.82, 2.24) is 5.32 Å². The number of hydrogen-bond donors (Lipinski definition) is 2. The van der Waals surface area contributed by atoms with Gasteiger partial charge in [-0.3, -0.25) is 0 Å². The molecule has 0 spiro atoms. The van der Waals surface area contributed by atoms with Crippen molar-refractivity contribution in [2.45, 2.75) is 39.3 Å². The normalized spacial score (nSPS) is 14.5. The third-order valence-corrected chi connectivity index (χ3v) is 4.10. The predicted molar refractivity (Wildman–Crippen MR) is 81.3 cm³/mol. The number of rotatable bonds is 7. The Morgan fingerprint density at radius 1 is 1.28 bits per heavy atom. The predicted octanol–water partition coefficient (Wildman–Crippen LogP) is 3.07. The Kier molecular flexibility index (Phi) is 6.76. The molecule has 1 aromatic carbocycles. The van der Waals surface area contributed by atoms with Gasteiger partial charge in [-0.05, 0) is 50.1 Å². The zero-order chi connectivity index (χ0) is 13.5. The molecule has 0 amide bonds. The summed E-state index contributed by atoms with van der Waals surface area (Å²) in [6.07, 6.45) is 2.92. The van der Waals surface area contributed by atoms with E-state index in [-0.39, 0.29) is 6.61 Å². The van der Waals surface area contributed by atoms with Crippen molar-refractivity contribution in [3.63, 3.8) is 0 Å². The van der Waals surface area contributed by atoms with E-state index in [2.05, 4.69) is 50.5 Å². The number of benzene rings is 1. The first-order valence-corrected chi connectivity index (χ1v) is 7.90. The Balaban J connectivity index is 2.67. The number of aryl methyl sites for hydroxylation is 2. The van der Waals surface area contributed by atoms with E-state index >= 15 is 0 Å². The van der Waals surface area contributed by atoms with Crippen LogP contribution in [0.2, 0.25) is 0 Å². The lowest BCUT2D eigenvalue weighted by Crippen LogP contribution is -2.34. The van der Waals surface area contributed by atoms with Gasteiger partial charge in [-0.25, -0.2) is 0 Å². The smallest absolute Gasteiger partial charge is 0.0446 e. The van der Waals surface area contributed by atoms with Crippen LogP contribution in [0, 0.1) is 13.8 Å². The fraction of sp³-hybridized carbons (Fsp3) is 0.600. The van der Waals surface area contributed by atoms with Crippen LogP contribution in [0.3, 0.4) is 0 Å². The summed E-state index contributed by atoms with van der Waals surface area (Å²) in [7, 11) is 0. The van der Waals surface area contributed by atoms with Gasteiger partial charge < -0.3 is 10.4 Å². The molecular formula is C15H25NOS. The Bertz CT molecular complexity index is 362. The number of aliphatic hydroxyl groups excluding tert-OH is 1. The van der Waals surface area contributed by atoms with Crippen LogP contribution in [0.4, 0.5) is 0 Å². The molecule has 2 nitrogen and oxygen atoms in total. The molecular weight excluding hydrogens is 242 g/mol. The molecule has 0 bridgehead atoms. The second-order valence-electron chi connectivity index (χ2n) is 4.90. The lowest BCUT2D eigenvalue weighted by molar-refractivity contribution is 0.265. The van der Waals surface area contributed by atoms with E-state index in [1.807, 2.05) is 11.8 Å². The summed E-state index contributed by atoms with van der Waals surface area (Å²) in [6, 6.07) is 7.32. The maximum absolute atomic E-state index is 9.08. The molecule has 0 aliphatic heterocycles. The van der Waals surface area contributed by atoms with Crippen molar-refractivity contribution in [2.24, 2.45) is 0 Å². The quantitative estimate of drug-likeness (QED) is 0.796. The van der Waals surface area contributed by atoms with Gasteiger partial charge in [-0.1, -0.05) is 18.2 Å². The monoisotopic (exact) mass is 267 g/mol. The highest BCUT2D eigenvalue weighted by atomic mass is 32.2. The summed E-state index contributed by atoms with van der Waals surface area (Å²) < 4.78 is 0. The lowest BCUT2D eigenvalue weighted by atomic mass is 10.0. The molecule has 0 saturated heterocycles. The van der Waals surface area contributed by atoms with Gasteiger partial charge in [0.05, 0.1) is 0 Å². The molecule has 18 heavy (non-hydrogen) atoms. The van der Waals surface area contributed by atoms with Gasteiger partial charge in [0.15, 0.2) is 0 Å². The molecule has 3 heteroatoms. The highest BCUT2D eigenvalue weighted by molar-refractivity contribution is 7.98. The van der Waals surface area contributed by atoms with Gasteiger partial charge in [0.1, 0.15) is 0 Å². The van der Waals surface area contributed by atoms with Crippen molar-refractivity contribution < 1.29 is 5.11 Å². The fourth-order valence-electron chi connectivity index (χ4n) is 2.06. The van der Waals surface area contributed by atoms with Gasteiger partial charge in [0.25, 0.3) is 0 Å². The fourth-order valence-corrected chi connectivity index (χ4v) is 2.72. The SMILES string of the molecule is CSCC(CCO)NC(C)c1ccc(C)c(C)c1. The highest BCUT2D eigenvalue weighted by Crippen LogP contribution is 2.18. The van der Waals surface area contributed by atoms with Gasteiger partial charge in [0.2, 0.25) is 0 Å². The maximum atomic E-state index is 9.08. The van der Waals surface area contributed by atoms with Crippen molar-refractivity contribution >= 4 is 11.8 Å². The first-order chi connectivity index (χ1) is 8.58. The van der Waals surface area contributed by atoms with Gasteiger partial charge >= 0.3 is 0 Å². The van der Waals surface area contributed by atoms with Crippen molar-refractivity contribution in [3.8, 4) is 0 Å². The van der Waals surface area contributed by atoms with Crippen LogP contribution in [-0.2, 0) is 0 Å². The van der Waals surface area contributed by atoms with E-state index in [1.54, 1.807) is 0 Å². The zero-order valence-electron chi connectivity index (χ0n) is 11.9. The molecule has 1 rings (SSSR count). The molecule has 0 saturated carbocycles. The number of thioether (sulfide) groups is 1. The third-order valence-electron chi connectivity index (χ3n) is 3.36. The van der Waals surface area contributed by atoms with Crippen LogP contribution in [0.5, 0.6) is 0 Å². The second kappa shape index (κ2) is 7.82. The molecule has 0 aliphatic carbocycles. The van der Waals surface area contributed by atoms with Crippen molar-refractivity contribution in [1.29, 1.82) is 0 Å². The number of nitrogens with one attached hydrogen (secondary N) is 1. The molecule has 0 fully saturated rings. The molecule has 0 heterocycles. The van der Waals surface area contributed by atoms with Crippen LogP contribution in [0.1, 0.15) is 36.1 Å². The summed E-state index contributed by atoms with van der Waals surface area (Å²) in [5.74, 6) is 1.04. The molecule has 1 aromatic rings. The molecule has 2 unspecified atom stereocenters. The summed E-state index contributed by atoms with van der Waals surface area (Å²) in [4.78, 5) is 0. The minimum Gasteiger partial charge on any atom is -0.396 e. The first kappa shape index (κ1) is 15.5. The van der Waals surface area contributed by atoms with Crippen molar-refractivity contribution in [3.05, 3.63) is 34.9 Å². The Labute approximate surface area is 115 Å². The van der Waals surface area contributed by atoms with E-state index in [4.69, 9.17) is 5.11 Å². The summed E-state index contributed by atoms with van der Waals surface area (Å²) in [5.41, 5.74) is 3.99. The Hall–Kier alpha value is -0.510. The molecule has 0 aliphatic rings. The van der Waals surface area contributed by atoms with E-state index in [9.17, 15) is 0 Å². The standard InChI is InChI=1S/C15H25NOS/c1-11-5-6-14(9-12(11)2)13(3)16-15(7-8-17)10-18-4/h5-6,9,13,15-17H,7-8,10H2,1-4H3. The van der Waals surface area contributed by atoms with Crippen LogP contribution in [0.15, 0.2) is 18.2 Å². The zero-order valence-corrected chi connectivity index (χ0v) is 12.7. The van der Waals surface area contributed by atoms with Gasteiger partial charge in [0, 0.05) is 24.4 Å². The average Bonchev–Trinajstić information content (AvgIpc) is 2.33. The average molecular weight is 267 g/mol. The lowest BCUT2D eigenvalue weighted by Gasteiger charge is -2.23. The minimum atomic E-state index is 0.248. The maximum Gasteiger partial charge on any atom is 0.0446 e. The van der Waals surface area contributed by atoms with Crippen LogP contribution in [-0.4, -0.2) is 29.8 Å². The van der Waals surface area contributed by atoms with E-state index in [1.165, 1.54) is 16.7 Å². The Morgan fingerprint density at radius 3 is 2.56 bits per heavy atom.